The fraction of sp³-hybridized carbons (Fsp3) is 0.250. The van der Waals surface area contributed by atoms with E-state index in [9.17, 15) is 4.79 Å². The lowest BCUT2D eigenvalue weighted by Crippen LogP contribution is -2.22. The van der Waals surface area contributed by atoms with Gasteiger partial charge in [0.05, 0.1) is 14.2 Å². The van der Waals surface area contributed by atoms with E-state index in [1.165, 1.54) is 0 Å². The minimum Gasteiger partial charge on any atom is -0.497 e. The number of hydrogen-bond donors (Lipinski definition) is 1. The van der Waals surface area contributed by atoms with E-state index in [0.29, 0.717) is 40.8 Å². The van der Waals surface area contributed by atoms with Gasteiger partial charge in [0.15, 0.2) is 0 Å². The predicted molar refractivity (Wildman–Crippen MR) is 125 cm³/mol. The first kappa shape index (κ1) is 21.3. The quantitative estimate of drug-likeness (QED) is 0.488. The first-order valence-corrected chi connectivity index (χ1v) is 10.3. The number of benzene rings is 1. The molecular formula is C24H25N5O3. The summed E-state index contributed by atoms with van der Waals surface area (Å²) in [7, 11) is 3.16. The van der Waals surface area contributed by atoms with Crippen LogP contribution in [0.2, 0.25) is 0 Å². The lowest BCUT2D eigenvalue weighted by Gasteiger charge is -2.13. The Labute approximate surface area is 185 Å². The first-order chi connectivity index (χ1) is 15.4. The Bertz CT molecular complexity index is 1320. The highest BCUT2D eigenvalue weighted by Crippen LogP contribution is 2.29. The van der Waals surface area contributed by atoms with E-state index in [4.69, 9.17) is 9.47 Å². The maximum atomic E-state index is 13.4. The maximum absolute atomic E-state index is 13.4. The van der Waals surface area contributed by atoms with Gasteiger partial charge in [0.25, 0.3) is 5.56 Å². The van der Waals surface area contributed by atoms with Crippen LogP contribution in [-0.4, -0.2) is 33.7 Å². The van der Waals surface area contributed by atoms with Crippen LogP contribution in [-0.2, 0) is 6.54 Å². The maximum Gasteiger partial charge on any atom is 0.260 e. The van der Waals surface area contributed by atoms with E-state index in [-0.39, 0.29) is 5.56 Å². The molecule has 0 amide bonds. The molecule has 0 bridgehead atoms. The average molecular weight is 431 g/mol. The number of anilines is 2. The molecule has 8 heteroatoms. The number of pyridine rings is 2. The third-order valence-electron chi connectivity index (χ3n) is 5.14. The van der Waals surface area contributed by atoms with Crippen molar-refractivity contribution in [3.05, 3.63) is 64.3 Å². The summed E-state index contributed by atoms with van der Waals surface area (Å²) in [6, 6.07) is 11.1. The number of methoxy groups -OCH3 is 2. The minimum absolute atomic E-state index is 0.143. The molecule has 4 aromatic rings. The molecule has 1 aromatic carbocycles. The number of hydrogen-bond acceptors (Lipinski definition) is 7. The topological polar surface area (TPSA) is 91.2 Å². The van der Waals surface area contributed by atoms with Crippen molar-refractivity contribution in [2.75, 3.05) is 19.5 Å². The molecule has 0 radical (unpaired) electrons. The van der Waals surface area contributed by atoms with E-state index >= 15 is 0 Å². The lowest BCUT2D eigenvalue weighted by atomic mass is 10.1. The molecule has 3 aromatic heterocycles. The Hall–Kier alpha value is -3.94. The average Bonchev–Trinajstić information content (AvgIpc) is 2.77. The summed E-state index contributed by atoms with van der Waals surface area (Å²) in [5.74, 6) is 1.64. The van der Waals surface area contributed by atoms with Crippen molar-refractivity contribution >= 4 is 22.7 Å². The molecule has 1 N–H and O–H groups in total. The molecule has 0 saturated carbocycles. The second-order valence-electron chi connectivity index (χ2n) is 7.44. The largest absolute Gasteiger partial charge is 0.497 e. The van der Waals surface area contributed by atoms with Crippen molar-refractivity contribution in [2.45, 2.75) is 27.3 Å². The van der Waals surface area contributed by atoms with Crippen molar-refractivity contribution in [2.24, 2.45) is 0 Å². The van der Waals surface area contributed by atoms with Crippen LogP contribution in [0, 0.1) is 13.8 Å². The lowest BCUT2D eigenvalue weighted by molar-refractivity contribution is 0.394. The highest BCUT2D eigenvalue weighted by Gasteiger charge is 2.15. The van der Waals surface area contributed by atoms with Gasteiger partial charge in [-0.05, 0) is 56.7 Å². The van der Waals surface area contributed by atoms with Gasteiger partial charge in [0, 0.05) is 46.8 Å². The van der Waals surface area contributed by atoms with Gasteiger partial charge in [-0.2, -0.15) is 4.98 Å². The number of aromatic nitrogens is 4. The summed E-state index contributed by atoms with van der Waals surface area (Å²) in [4.78, 5) is 26.8. The number of fused-ring (bicyclic) bond motifs is 1. The molecular weight excluding hydrogens is 406 g/mol. The van der Waals surface area contributed by atoms with E-state index in [0.717, 1.165) is 22.5 Å². The Morgan fingerprint density at radius 1 is 0.938 bits per heavy atom. The summed E-state index contributed by atoms with van der Waals surface area (Å²) >= 11 is 0. The third-order valence-corrected chi connectivity index (χ3v) is 5.14. The van der Waals surface area contributed by atoms with Crippen LogP contribution < -0.4 is 20.3 Å². The van der Waals surface area contributed by atoms with Crippen LogP contribution in [0.1, 0.15) is 18.3 Å². The summed E-state index contributed by atoms with van der Waals surface area (Å²) in [5, 5.41) is 3.97. The molecule has 3 heterocycles. The molecule has 0 aliphatic carbocycles. The second kappa shape index (κ2) is 8.66. The monoisotopic (exact) mass is 431 g/mol. The van der Waals surface area contributed by atoms with Crippen molar-refractivity contribution in [1.29, 1.82) is 0 Å². The van der Waals surface area contributed by atoms with Crippen molar-refractivity contribution < 1.29 is 9.47 Å². The van der Waals surface area contributed by atoms with E-state index < -0.39 is 0 Å². The zero-order valence-electron chi connectivity index (χ0n) is 18.8. The molecule has 164 valence electrons. The molecule has 4 rings (SSSR count). The van der Waals surface area contributed by atoms with Crippen LogP contribution in [0.3, 0.4) is 0 Å². The van der Waals surface area contributed by atoms with Crippen LogP contribution >= 0.6 is 0 Å². The van der Waals surface area contributed by atoms with Gasteiger partial charge >= 0.3 is 0 Å². The molecule has 0 saturated heterocycles. The van der Waals surface area contributed by atoms with Gasteiger partial charge in [0.2, 0.25) is 5.95 Å². The highest BCUT2D eigenvalue weighted by molar-refractivity contribution is 5.82. The minimum atomic E-state index is -0.143. The zero-order chi connectivity index (χ0) is 22.8. The van der Waals surface area contributed by atoms with Gasteiger partial charge in [0.1, 0.15) is 17.1 Å². The Morgan fingerprint density at radius 3 is 2.19 bits per heavy atom. The standard InChI is InChI=1S/C24H25N5O3/c1-6-29-22-17(13-25-24(28-22)27-18-7-14(2)26-15(3)8-18)11-21(23(29)30)16-9-19(31-4)12-20(10-16)32-5/h7-13H,6H2,1-5H3,(H,25,26,27,28). The van der Waals surface area contributed by atoms with Crippen molar-refractivity contribution in [3.8, 4) is 22.6 Å². The van der Waals surface area contributed by atoms with E-state index in [1.54, 1.807) is 31.0 Å². The second-order valence-corrected chi connectivity index (χ2v) is 7.44. The zero-order valence-corrected chi connectivity index (χ0v) is 18.8. The normalized spacial score (nSPS) is 10.9. The Morgan fingerprint density at radius 2 is 1.59 bits per heavy atom. The van der Waals surface area contributed by atoms with Crippen LogP contribution in [0.5, 0.6) is 11.5 Å². The van der Waals surface area contributed by atoms with Gasteiger partial charge in [-0.25, -0.2) is 4.98 Å². The van der Waals surface area contributed by atoms with Crippen LogP contribution in [0.25, 0.3) is 22.2 Å². The van der Waals surface area contributed by atoms with Gasteiger partial charge in [-0.3, -0.25) is 14.3 Å². The summed E-state index contributed by atoms with van der Waals surface area (Å²) in [6.45, 7) is 6.25. The summed E-state index contributed by atoms with van der Waals surface area (Å²) < 4.78 is 12.4. The van der Waals surface area contributed by atoms with Crippen LogP contribution in [0.4, 0.5) is 11.6 Å². The third kappa shape index (κ3) is 4.12. The number of nitrogens with one attached hydrogen (secondary N) is 1. The van der Waals surface area contributed by atoms with Crippen molar-refractivity contribution in [1.82, 2.24) is 19.5 Å². The fourth-order valence-electron chi connectivity index (χ4n) is 3.72. The van der Waals surface area contributed by atoms with E-state index in [2.05, 4.69) is 20.3 Å². The van der Waals surface area contributed by atoms with Gasteiger partial charge in [-0.15, -0.1) is 0 Å². The fourth-order valence-corrected chi connectivity index (χ4v) is 3.72. The Balaban J connectivity index is 1.83. The van der Waals surface area contributed by atoms with Gasteiger partial charge < -0.3 is 14.8 Å². The SMILES string of the molecule is CCn1c(=O)c(-c2cc(OC)cc(OC)c2)cc2cnc(Nc3cc(C)nc(C)c3)nc21. The molecule has 0 spiro atoms. The highest BCUT2D eigenvalue weighted by atomic mass is 16.5. The molecule has 8 nitrogen and oxygen atoms in total. The first-order valence-electron chi connectivity index (χ1n) is 10.3. The van der Waals surface area contributed by atoms with E-state index in [1.807, 2.05) is 51.1 Å². The molecule has 0 unspecified atom stereocenters. The molecule has 32 heavy (non-hydrogen) atoms. The molecule has 0 aliphatic heterocycles. The number of aryl methyl sites for hydroxylation is 3. The molecule has 0 atom stereocenters. The number of rotatable bonds is 6. The van der Waals surface area contributed by atoms with Crippen LogP contribution in [0.15, 0.2) is 47.4 Å². The molecule has 0 aliphatic rings. The molecule has 0 fully saturated rings. The summed E-state index contributed by atoms with van der Waals surface area (Å²) in [6.07, 6.45) is 1.72. The van der Waals surface area contributed by atoms with Gasteiger partial charge in [-0.1, -0.05) is 0 Å². The van der Waals surface area contributed by atoms with Crippen molar-refractivity contribution in [3.63, 3.8) is 0 Å². The predicted octanol–water partition coefficient (Wildman–Crippen LogP) is 4.25. The summed E-state index contributed by atoms with van der Waals surface area (Å²) in [5.41, 5.74) is 4.31. The Kier molecular flexibility index (Phi) is 5.77. The number of ether oxygens (including phenoxy) is 2. The smallest absolute Gasteiger partial charge is 0.260 e. The number of nitrogens with zero attached hydrogens (tertiary/aromatic N) is 4.